The van der Waals surface area contributed by atoms with E-state index < -0.39 is 10.0 Å². The highest BCUT2D eigenvalue weighted by Crippen LogP contribution is 2.36. The Hall–Kier alpha value is -1.84. The van der Waals surface area contributed by atoms with Crippen molar-refractivity contribution in [2.45, 2.75) is 11.8 Å². The van der Waals surface area contributed by atoms with Gasteiger partial charge in [-0.3, -0.25) is 4.79 Å². The number of nitrogens with zero attached hydrogens (tertiary/aromatic N) is 1. The monoisotopic (exact) mass is 343 g/mol. The van der Waals surface area contributed by atoms with Crippen LogP contribution in [0.5, 0.6) is 11.5 Å². The summed E-state index contributed by atoms with van der Waals surface area (Å²) in [6.07, 6.45) is 0. The van der Waals surface area contributed by atoms with Gasteiger partial charge in [0.05, 0.1) is 19.9 Å². The van der Waals surface area contributed by atoms with Gasteiger partial charge in [-0.25, -0.2) is 8.42 Å². The fraction of sp³-hybridized carbons (Fsp3) is 0.500. The Bertz CT molecular complexity index is 684. The zero-order chi connectivity index (χ0) is 17.0. The Kier molecular flexibility index (Phi) is 5.45. The summed E-state index contributed by atoms with van der Waals surface area (Å²) < 4.78 is 37.5. The van der Waals surface area contributed by atoms with Crippen LogP contribution in [0.2, 0.25) is 0 Å². The summed E-state index contributed by atoms with van der Waals surface area (Å²) in [6.45, 7) is 3.29. The van der Waals surface area contributed by atoms with Gasteiger partial charge in [-0.2, -0.15) is 4.31 Å². The summed E-state index contributed by atoms with van der Waals surface area (Å²) in [7, 11) is -0.899. The van der Waals surface area contributed by atoms with E-state index in [9.17, 15) is 13.2 Å². The van der Waals surface area contributed by atoms with Gasteiger partial charge in [0.25, 0.3) is 0 Å². The quantitative estimate of drug-likeness (QED) is 0.796. The smallest absolute Gasteiger partial charge is 0.246 e. The second kappa shape index (κ2) is 7.16. The van der Waals surface area contributed by atoms with Crippen molar-refractivity contribution in [3.8, 4) is 11.5 Å². The van der Waals surface area contributed by atoms with Gasteiger partial charge >= 0.3 is 0 Å². The molecule has 0 bridgehead atoms. The summed E-state index contributed by atoms with van der Waals surface area (Å²) >= 11 is 0. The summed E-state index contributed by atoms with van der Waals surface area (Å²) in [5, 5.41) is 5.68. The van der Waals surface area contributed by atoms with Gasteiger partial charge < -0.3 is 20.1 Å². The number of carbonyl (C=O) groups excluding carboxylic acids is 1. The number of ether oxygens (including phenoxy) is 2. The number of rotatable bonds is 5. The highest BCUT2D eigenvalue weighted by molar-refractivity contribution is 7.89. The van der Waals surface area contributed by atoms with Crippen molar-refractivity contribution in [3.63, 3.8) is 0 Å². The number of benzene rings is 1. The number of methoxy groups -OCH3 is 2. The van der Waals surface area contributed by atoms with E-state index in [0.29, 0.717) is 31.9 Å². The maximum atomic E-state index is 12.9. The predicted octanol–water partition coefficient (Wildman–Crippen LogP) is 0.256. The Morgan fingerprint density at radius 2 is 1.78 bits per heavy atom. The standard InChI is InChI=1S/C14H21N3O5S/c1-10(18)16-11-8-14(13(22-3)9-12(11)21-2)23(19,20)17-6-4-15-5-7-17/h8-9,15H,4-7H2,1-3H3,(H,16,18). The van der Waals surface area contributed by atoms with Gasteiger partial charge in [0, 0.05) is 39.2 Å². The number of anilines is 1. The molecule has 0 saturated carbocycles. The van der Waals surface area contributed by atoms with E-state index in [1.807, 2.05) is 0 Å². The van der Waals surface area contributed by atoms with Crippen molar-refractivity contribution < 1.29 is 22.7 Å². The van der Waals surface area contributed by atoms with Gasteiger partial charge in [-0.1, -0.05) is 0 Å². The number of piperazine rings is 1. The molecule has 0 spiro atoms. The molecule has 0 atom stereocenters. The Morgan fingerprint density at radius 3 is 2.30 bits per heavy atom. The van der Waals surface area contributed by atoms with E-state index in [1.165, 1.54) is 37.6 Å². The van der Waals surface area contributed by atoms with Crippen LogP contribution in [-0.4, -0.2) is 59.0 Å². The molecule has 1 aliphatic heterocycles. The summed E-state index contributed by atoms with van der Waals surface area (Å²) in [5.41, 5.74) is 0.287. The molecule has 2 rings (SSSR count). The highest BCUT2D eigenvalue weighted by atomic mass is 32.2. The minimum absolute atomic E-state index is 0.00597. The molecule has 9 heteroatoms. The van der Waals surface area contributed by atoms with E-state index in [1.54, 1.807) is 0 Å². The lowest BCUT2D eigenvalue weighted by molar-refractivity contribution is -0.114. The van der Waals surface area contributed by atoms with Crippen LogP contribution in [0.4, 0.5) is 5.69 Å². The van der Waals surface area contributed by atoms with Crippen LogP contribution in [0, 0.1) is 0 Å². The largest absolute Gasteiger partial charge is 0.495 e. The molecule has 1 amide bonds. The molecule has 0 unspecified atom stereocenters. The lowest BCUT2D eigenvalue weighted by Gasteiger charge is -2.27. The number of carbonyl (C=O) groups is 1. The zero-order valence-corrected chi connectivity index (χ0v) is 14.2. The molecule has 8 nitrogen and oxygen atoms in total. The SMILES string of the molecule is COc1cc(OC)c(S(=O)(=O)N2CCNCC2)cc1NC(C)=O. The number of hydrogen-bond acceptors (Lipinski definition) is 6. The van der Waals surface area contributed by atoms with Crippen molar-refractivity contribution in [2.75, 3.05) is 45.7 Å². The van der Waals surface area contributed by atoms with Gasteiger partial charge in [0.1, 0.15) is 16.4 Å². The first kappa shape index (κ1) is 17.5. The average Bonchev–Trinajstić information content (AvgIpc) is 2.54. The molecule has 0 aromatic heterocycles. The molecule has 1 heterocycles. The molecule has 1 aromatic rings. The molecule has 23 heavy (non-hydrogen) atoms. The fourth-order valence-corrected chi connectivity index (χ4v) is 3.99. The lowest BCUT2D eigenvalue weighted by Crippen LogP contribution is -2.46. The first-order chi connectivity index (χ1) is 10.9. The second-order valence-corrected chi connectivity index (χ2v) is 6.94. The molecule has 1 saturated heterocycles. The zero-order valence-electron chi connectivity index (χ0n) is 13.4. The fourth-order valence-electron chi connectivity index (χ4n) is 2.38. The highest BCUT2D eigenvalue weighted by Gasteiger charge is 2.30. The number of amides is 1. The molecule has 1 aromatic carbocycles. The molecule has 0 radical (unpaired) electrons. The van der Waals surface area contributed by atoms with Crippen molar-refractivity contribution >= 4 is 21.6 Å². The van der Waals surface area contributed by atoms with Crippen LogP contribution < -0.4 is 20.1 Å². The first-order valence-corrected chi connectivity index (χ1v) is 8.58. The summed E-state index contributed by atoms with van der Waals surface area (Å²) in [6, 6.07) is 2.83. The topological polar surface area (TPSA) is 97.0 Å². The van der Waals surface area contributed by atoms with Crippen molar-refractivity contribution in [3.05, 3.63) is 12.1 Å². The lowest BCUT2D eigenvalue weighted by atomic mass is 10.2. The van der Waals surface area contributed by atoms with E-state index in [0.717, 1.165) is 0 Å². The minimum Gasteiger partial charge on any atom is -0.495 e. The molecular formula is C14H21N3O5S. The van der Waals surface area contributed by atoms with Crippen LogP contribution in [0.3, 0.4) is 0 Å². The molecule has 1 aliphatic rings. The van der Waals surface area contributed by atoms with Gasteiger partial charge in [0.15, 0.2) is 0 Å². The molecule has 1 fully saturated rings. The normalized spacial score (nSPS) is 16.0. The van der Waals surface area contributed by atoms with Crippen LogP contribution >= 0.6 is 0 Å². The van der Waals surface area contributed by atoms with Crippen molar-refractivity contribution in [1.82, 2.24) is 9.62 Å². The Balaban J connectivity index is 2.52. The van der Waals surface area contributed by atoms with Crippen molar-refractivity contribution in [1.29, 1.82) is 0 Å². The maximum absolute atomic E-state index is 12.9. The van der Waals surface area contributed by atoms with Crippen molar-refractivity contribution in [2.24, 2.45) is 0 Å². The minimum atomic E-state index is -3.73. The average molecular weight is 343 g/mol. The first-order valence-electron chi connectivity index (χ1n) is 7.14. The van der Waals surface area contributed by atoms with E-state index in [2.05, 4.69) is 10.6 Å². The maximum Gasteiger partial charge on any atom is 0.246 e. The van der Waals surface area contributed by atoms with Gasteiger partial charge in [0.2, 0.25) is 15.9 Å². The van der Waals surface area contributed by atoms with Crippen LogP contribution in [0.1, 0.15) is 6.92 Å². The third-order valence-electron chi connectivity index (χ3n) is 3.49. The Labute approximate surface area is 135 Å². The molecular weight excluding hydrogens is 322 g/mol. The van der Waals surface area contributed by atoms with E-state index in [4.69, 9.17) is 9.47 Å². The number of sulfonamides is 1. The van der Waals surface area contributed by atoms with Crippen LogP contribution in [0.15, 0.2) is 17.0 Å². The summed E-state index contributed by atoms with van der Waals surface area (Å²) in [5.74, 6) is 0.185. The Morgan fingerprint density at radius 1 is 1.17 bits per heavy atom. The number of hydrogen-bond donors (Lipinski definition) is 2. The third kappa shape index (κ3) is 3.74. The van der Waals surface area contributed by atoms with Gasteiger partial charge in [-0.15, -0.1) is 0 Å². The second-order valence-electron chi connectivity index (χ2n) is 5.04. The van der Waals surface area contributed by atoms with E-state index >= 15 is 0 Å². The molecule has 0 aliphatic carbocycles. The van der Waals surface area contributed by atoms with E-state index in [-0.39, 0.29) is 22.2 Å². The van der Waals surface area contributed by atoms with Crippen LogP contribution in [-0.2, 0) is 14.8 Å². The van der Waals surface area contributed by atoms with Crippen LogP contribution in [0.25, 0.3) is 0 Å². The molecule has 2 N–H and O–H groups in total. The third-order valence-corrected chi connectivity index (χ3v) is 5.41. The number of nitrogens with one attached hydrogen (secondary N) is 2. The summed E-state index contributed by atoms with van der Waals surface area (Å²) in [4.78, 5) is 11.3. The molecule has 128 valence electrons. The van der Waals surface area contributed by atoms with Gasteiger partial charge in [-0.05, 0) is 6.07 Å². The predicted molar refractivity (Wildman–Crippen MR) is 85.5 cm³/mol.